The highest BCUT2D eigenvalue weighted by atomic mass is 15.1. The Morgan fingerprint density at radius 2 is 2.33 bits per heavy atom. The van der Waals surface area contributed by atoms with E-state index >= 15 is 0 Å². The van der Waals surface area contributed by atoms with Gasteiger partial charge in [-0.05, 0) is 25.3 Å². The highest BCUT2D eigenvalue weighted by molar-refractivity contribution is 5.71. The van der Waals surface area contributed by atoms with E-state index in [-0.39, 0.29) is 6.17 Å². The number of unbranched alkanes of at least 4 members (excludes halogenated alkanes) is 1. The van der Waals surface area contributed by atoms with E-state index in [0.29, 0.717) is 5.92 Å². The van der Waals surface area contributed by atoms with Crippen molar-refractivity contribution in [1.82, 2.24) is 5.32 Å². The summed E-state index contributed by atoms with van der Waals surface area (Å²) in [6.07, 6.45) is 20.1. The van der Waals surface area contributed by atoms with Crippen LogP contribution >= 0.6 is 0 Å². The number of allylic oxidation sites excluding steroid dienone is 6. The van der Waals surface area contributed by atoms with Gasteiger partial charge in [0.1, 0.15) is 6.17 Å². The maximum atomic E-state index is 7.14. The summed E-state index contributed by atoms with van der Waals surface area (Å²) in [6, 6.07) is 0. The molecule has 0 saturated heterocycles. The first-order valence-electron chi connectivity index (χ1n) is 6.26. The van der Waals surface area contributed by atoms with Crippen LogP contribution in [0.1, 0.15) is 19.3 Å². The lowest BCUT2D eigenvalue weighted by Crippen LogP contribution is -2.32. The molecule has 0 fully saturated rings. The van der Waals surface area contributed by atoms with Gasteiger partial charge < -0.3 is 5.32 Å². The molecule has 0 aromatic heterocycles. The van der Waals surface area contributed by atoms with Crippen LogP contribution < -0.4 is 5.32 Å². The zero-order valence-corrected chi connectivity index (χ0v) is 10.6. The molecule has 0 spiro atoms. The van der Waals surface area contributed by atoms with Gasteiger partial charge in [-0.1, -0.05) is 36.5 Å². The van der Waals surface area contributed by atoms with Crippen LogP contribution in [0.15, 0.2) is 54.1 Å². The first kappa shape index (κ1) is 14.2. The minimum Gasteiger partial charge on any atom is -0.355 e. The van der Waals surface area contributed by atoms with Gasteiger partial charge >= 0.3 is 0 Å². The zero-order chi connectivity index (χ0) is 13.1. The average Bonchev–Trinajstić information content (AvgIpc) is 2.42. The van der Waals surface area contributed by atoms with E-state index in [1.807, 2.05) is 24.3 Å². The van der Waals surface area contributed by atoms with Gasteiger partial charge in [-0.15, -0.1) is 6.58 Å². The van der Waals surface area contributed by atoms with Gasteiger partial charge in [0, 0.05) is 12.1 Å². The van der Waals surface area contributed by atoms with Crippen molar-refractivity contribution in [3.8, 4) is 0 Å². The van der Waals surface area contributed by atoms with Crippen molar-refractivity contribution in [2.45, 2.75) is 25.4 Å². The maximum absolute atomic E-state index is 7.14. The molecule has 2 unspecified atom stereocenters. The Labute approximate surface area is 109 Å². The monoisotopic (exact) mass is 243 g/mol. The lowest BCUT2D eigenvalue weighted by molar-refractivity contribution is 0.484. The summed E-state index contributed by atoms with van der Waals surface area (Å²) in [6.45, 7) is 3.68. The molecule has 0 bridgehead atoms. The highest BCUT2D eigenvalue weighted by Gasteiger charge is 2.15. The topological polar surface area (TPSA) is 48.2 Å². The molecule has 3 nitrogen and oxygen atoms in total. The van der Waals surface area contributed by atoms with Crippen LogP contribution in [0, 0.1) is 11.3 Å². The van der Waals surface area contributed by atoms with E-state index in [1.54, 1.807) is 6.21 Å². The van der Waals surface area contributed by atoms with Crippen molar-refractivity contribution in [3.63, 3.8) is 0 Å². The number of nitrogens with zero attached hydrogens (tertiary/aromatic N) is 1. The van der Waals surface area contributed by atoms with Crippen molar-refractivity contribution in [2.75, 3.05) is 0 Å². The first-order valence-corrected chi connectivity index (χ1v) is 6.26. The van der Waals surface area contributed by atoms with Crippen molar-refractivity contribution in [2.24, 2.45) is 10.9 Å². The molecule has 3 heteroatoms. The van der Waals surface area contributed by atoms with E-state index < -0.39 is 0 Å². The fourth-order valence-electron chi connectivity index (χ4n) is 1.71. The molecule has 1 aliphatic carbocycles. The third-order valence-electron chi connectivity index (χ3n) is 2.68. The van der Waals surface area contributed by atoms with Gasteiger partial charge in [0.15, 0.2) is 0 Å². The van der Waals surface area contributed by atoms with Crippen LogP contribution in [-0.2, 0) is 0 Å². The number of hydrogen-bond acceptors (Lipinski definition) is 2. The fraction of sp³-hybridized carbons (Fsp3) is 0.333. The van der Waals surface area contributed by atoms with Crippen molar-refractivity contribution < 1.29 is 0 Å². The second-order valence-corrected chi connectivity index (χ2v) is 4.06. The number of nitrogens with one attached hydrogen (secondary N) is 2. The molecule has 2 N–H and O–H groups in total. The Hall–Kier alpha value is -1.90. The molecule has 1 rings (SSSR count). The minimum absolute atomic E-state index is 0.0623. The molecule has 0 aromatic rings. The van der Waals surface area contributed by atoms with Crippen LogP contribution in [0.25, 0.3) is 0 Å². The lowest BCUT2D eigenvalue weighted by atomic mass is 9.98. The normalized spacial score (nSPS) is 20.3. The summed E-state index contributed by atoms with van der Waals surface area (Å²) in [4.78, 5) is 4.45. The zero-order valence-electron chi connectivity index (χ0n) is 10.6. The second-order valence-electron chi connectivity index (χ2n) is 4.06. The standard InChI is InChI=1S/C15H21N3/c1-2-3-4-5-9-12-17-15(18-13-16)14-10-7-6-8-11-14/h2,5-10,12-15H,1,3-4,11H2,(H2,16,18)/b9-5+,17-12+. The molecule has 0 aliphatic heterocycles. The van der Waals surface area contributed by atoms with Gasteiger partial charge in [-0.25, -0.2) is 0 Å². The number of rotatable bonds is 8. The van der Waals surface area contributed by atoms with Crippen LogP contribution in [0.4, 0.5) is 0 Å². The van der Waals surface area contributed by atoms with Crippen molar-refractivity contribution in [1.29, 1.82) is 5.41 Å². The van der Waals surface area contributed by atoms with Crippen LogP contribution in [0.3, 0.4) is 0 Å². The van der Waals surface area contributed by atoms with E-state index in [9.17, 15) is 0 Å². The molecule has 1 aliphatic rings. The largest absolute Gasteiger partial charge is 0.355 e. The summed E-state index contributed by atoms with van der Waals surface area (Å²) in [5.74, 6) is 0.314. The predicted molar refractivity (Wildman–Crippen MR) is 79.2 cm³/mol. The summed E-state index contributed by atoms with van der Waals surface area (Å²) in [5, 5.41) is 10.1. The number of aliphatic imine (C=N–C) groups is 1. The van der Waals surface area contributed by atoms with Crippen LogP contribution in [0.2, 0.25) is 0 Å². The van der Waals surface area contributed by atoms with E-state index in [2.05, 4.69) is 35.1 Å². The van der Waals surface area contributed by atoms with E-state index in [1.165, 1.54) is 6.34 Å². The van der Waals surface area contributed by atoms with Gasteiger partial charge in [0.2, 0.25) is 0 Å². The molecule has 18 heavy (non-hydrogen) atoms. The van der Waals surface area contributed by atoms with Crippen LogP contribution in [-0.4, -0.2) is 18.7 Å². The molecule has 0 saturated carbocycles. The van der Waals surface area contributed by atoms with Crippen molar-refractivity contribution >= 4 is 12.6 Å². The number of hydrogen-bond donors (Lipinski definition) is 2. The average molecular weight is 243 g/mol. The lowest BCUT2D eigenvalue weighted by Gasteiger charge is -2.21. The summed E-state index contributed by atoms with van der Waals surface area (Å²) >= 11 is 0. The Balaban J connectivity index is 2.46. The molecule has 0 heterocycles. The van der Waals surface area contributed by atoms with Crippen LogP contribution in [0.5, 0.6) is 0 Å². The molecule has 0 amide bonds. The fourth-order valence-corrected chi connectivity index (χ4v) is 1.71. The predicted octanol–water partition coefficient (Wildman–Crippen LogP) is 3.23. The summed E-state index contributed by atoms with van der Waals surface area (Å²) in [5.41, 5.74) is 0. The molecule has 2 atom stereocenters. The smallest absolute Gasteiger partial charge is 0.125 e. The molecule has 0 aromatic carbocycles. The molecule has 0 radical (unpaired) electrons. The molecular weight excluding hydrogens is 222 g/mol. The first-order chi connectivity index (χ1) is 8.88. The van der Waals surface area contributed by atoms with E-state index in [4.69, 9.17) is 5.41 Å². The maximum Gasteiger partial charge on any atom is 0.125 e. The third-order valence-corrected chi connectivity index (χ3v) is 2.68. The van der Waals surface area contributed by atoms with Gasteiger partial charge in [0.25, 0.3) is 0 Å². The van der Waals surface area contributed by atoms with E-state index in [0.717, 1.165) is 19.3 Å². The Bertz CT molecular complexity index is 364. The summed E-state index contributed by atoms with van der Waals surface area (Å²) < 4.78 is 0. The Morgan fingerprint density at radius 3 is 3.00 bits per heavy atom. The SMILES string of the molecule is C=CCC/C=C/C=N/C(NC=N)C1C=CC=CC1. The Morgan fingerprint density at radius 1 is 1.44 bits per heavy atom. The minimum atomic E-state index is -0.0623. The second kappa shape index (κ2) is 9.16. The van der Waals surface area contributed by atoms with Gasteiger partial charge in [-0.2, -0.15) is 0 Å². The molecule has 96 valence electrons. The molecular formula is C15H21N3. The van der Waals surface area contributed by atoms with Crippen molar-refractivity contribution in [3.05, 3.63) is 49.1 Å². The quantitative estimate of drug-likeness (QED) is 0.292. The summed E-state index contributed by atoms with van der Waals surface area (Å²) in [7, 11) is 0. The highest BCUT2D eigenvalue weighted by Crippen LogP contribution is 2.16. The van der Waals surface area contributed by atoms with Gasteiger partial charge in [0.05, 0.1) is 6.34 Å². The van der Waals surface area contributed by atoms with Gasteiger partial charge in [-0.3, -0.25) is 10.4 Å². The Kier molecular flexibility index (Phi) is 7.21. The third kappa shape index (κ3) is 5.43.